The van der Waals surface area contributed by atoms with Gasteiger partial charge < -0.3 is 5.48 Å². The summed E-state index contributed by atoms with van der Waals surface area (Å²) in [4.78, 5) is 20.9. The fourth-order valence-electron chi connectivity index (χ4n) is 1.89. The number of carbonyl (C=O) groups is 2. The fourth-order valence-corrected chi connectivity index (χ4v) is 1.89. The highest BCUT2D eigenvalue weighted by molar-refractivity contribution is 5.79. The van der Waals surface area contributed by atoms with Crippen molar-refractivity contribution >= 4 is 11.6 Å². The largest absolute Gasteiger partial charge is 0.412 e. The molecule has 2 N–H and O–H groups in total. The summed E-state index contributed by atoms with van der Waals surface area (Å²) in [6.07, 6.45) is 10.5. The first kappa shape index (κ1) is 14.3. The van der Waals surface area contributed by atoms with Crippen molar-refractivity contribution in [1.82, 2.24) is 0 Å². The molecule has 0 aliphatic heterocycles. The van der Waals surface area contributed by atoms with E-state index in [0.717, 1.165) is 51.4 Å². The Morgan fingerprint density at radius 2 is 0.800 bits per heavy atom. The highest BCUT2D eigenvalue weighted by atomic mass is 16.1. The second-order valence-corrected chi connectivity index (χ2v) is 4.20. The molecule has 2 aliphatic rings. The highest BCUT2D eigenvalue weighted by Gasteiger charge is 2.06. The summed E-state index contributed by atoms with van der Waals surface area (Å²) in [6, 6.07) is 0. The van der Waals surface area contributed by atoms with Crippen molar-refractivity contribution < 1.29 is 15.1 Å². The quantitative estimate of drug-likeness (QED) is 0.620. The maximum Gasteiger partial charge on any atom is 0.132 e. The first-order valence-electron chi connectivity index (χ1n) is 5.82. The van der Waals surface area contributed by atoms with E-state index >= 15 is 0 Å². The van der Waals surface area contributed by atoms with Crippen LogP contribution in [0.5, 0.6) is 0 Å². The molecule has 2 saturated carbocycles. The van der Waals surface area contributed by atoms with Crippen molar-refractivity contribution in [1.29, 1.82) is 0 Å². The van der Waals surface area contributed by atoms with Crippen molar-refractivity contribution in [2.75, 3.05) is 0 Å². The zero-order valence-corrected chi connectivity index (χ0v) is 9.39. The van der Waals surface area contributed by atoms with Crippen LogP contribution in [0.15, 0.2) is 0 Å². The van der Waals surface area contributed by atoms with Crippen LogP contribution in [0, 0.1) is 0 Å². The lowest BCUT2D eigenvalue weighted by molar-refractivity contribution is -0.121. The first-order chi connectivity index (χ1) is 6.79. The molecule has 15 heavy (non-hydrogen) atoms. The van der Waals surface area contributed by atoms with Gasteiger partial charge >= 0.3 is 0 Å². The second kappa shape index (κ2) is 8.60. The minimum absolute atomic E-state index is 0. The van der Waals surface area contributed by atoms with Gasteiger partial charge in [-0.1, -0.05) is 12.8 Å². The molecule has 0 amide bonds. The number of ketones is 2. The minimum Gasteiger partial charge on any atom is -0.412 e. The maximum absolute atomic E-state index is 10.5. The second-order valence-electron chi connectivity index (χ2n) is 4.20. The number of hydrogen-bond donors (Lipinski definition) is 0. The highest BCUT2D eigenvalue weighted by Crippen LogP contribution is 2.12. The number of hydrogen-bond acceptors (Lipinski definition) is 2. The lowest BCUT2D eigenvalue weighted by Crippen LogP contribution is -2.02. The molecular formula is C12H22O3. The maximum atomic E-state index is 10.5. The molecule has 2 fully saturated rings. The Morgan fingerprint density at radius 3 is 0.933 bits per heavy atom. The Hall–Kier alpha value is -0.700. The van der Waals surface area contributed by atoms with Gasteiger partial charge in [0.25, 0.3) is 0 Å². The third kappa shape index (κ3) is 7.25. The van der Waals surface area contributed by atoms with E-state index in [9.17, 15) is 9.59 Å². The summed E-state index contributed by atoms with van der Waals surface area (Å²) < 4.78 is 0. The van der Waals surface area contributed by atoms with Gasteiger partial charge in [0, 0.05) is 25.7 Å². The third-order valence-electron chi connectivity index (χ3n) is 2.82. The van der Waals surface area contributed by atoms with Crippen LogP contribution >= 0.6 is 0 Å². The molecule has 0 unspecified atom stereocenters. The van der Waals surface area contributed by atoms with Gasteiger partial charge in [0.05, 0.1) is 0 Å². The van der Waals surface area contributed by atoms with E-state index in [1.807, 2.05) is 0 Å². The SMILES string of the molecule is O.O=C1CCCCC1.O=C1CCCCC1. The number of Topliss-reactive ketones (excluding diaryl/α,β-unsaturated/α-hetero) is 2. The van der Waals surface area contributed by atoms with Crippen molar-refractivity contribution in [3.8, 4) is 0 Å². The summed E-state index contributed by atoms with van der Waals surface area (Å²) in [5, 5.41) is 0. The van der Waals surface area contributed by atoms with Gasteiger partial charge in [-0.25, -0.2) is 0 Å². The van der Waals surface area contributed by atoms with E-state index in [1.165, 1.54) is 12.8 Å². The summed E-state index contributed by atoms with van der Waals surface area (Å²) in [6.45, 7) is 0. The van der Waals surface area contributed by atoms with E-state index in [4.69, 9.17) is 0 Å². The molecule has 0 aromatic rings. The van der Waals surface area contributed by atoms with Crippen LogP contribution < -0.4 is 0 Å². The molecule has 0 bridgehead atoms. The van der Waals surface area contributed by atoms with E-state index in [-0.39, 0.29) is 5.48 Å². The molecule has 3 nitrogen and oxygen atoms in total. The number of rotatable bonds is 0. The Labute approximate surface area is 91.6 Å². The normalized spacial score (nSPS) is 21.1. The zero-order valence-electron chi connectivity index (χ0n) is 9.39. The van der Waals surface area contributed by atoms with Gasteiger partial charge in [0.15, 0.2) is 0 Å². The standard InChI is InChI=1S/2C6H10O.H2O/c2*7-6-4-2-1-3-5-6;/h2*1-5H2;1H2. The Morgan fingerprint density at radius 1 is 0.533 bits per heavy atom. The Kier molecular flexibility index (Phi) is 8.19. The van der Waals surface area contributed by atoms with Crippen molar-refractivity contribution in [2.45, 2.75) is 64.2 Å². The lowest BCUT2D eigenvalue weighted by Gasteiger charge is -2.05. The predicted molar refractivity (Wildman–Crippen MR) is 59.8 cm³/mol. The van der Waals surface area contributed by atoms with Crippen molar-refractivity contribution in [2.24, 2.45) is 0 Å². The van der Waals surface area contributed by atoms with Gasteiger partial charge in [0.1, 0.15) is 11.6 Å². The van der Waals surface area contributed by atoms with Crippen LogP contribution in [0.25, 0.3) is 0 Å². The average Bonchev–Trinajstić information content (AvgIpc) is 2.21. The summed E-state index contributed by atoms with van der Waals surface area (Å²) in [7, 11) is 0. The Balaban J connectivity index is 0.000000245. The average molecular weight is 214 g/mol. The summed E-state index contributed by atoms with van der Waals surface area (Å²) in [5.74, 6) is 0.928. The van der Waals surface area contributed by atoms with E-state index in [1.54, 1.807) is 0 Å². The first-order valence-corrected chi connectivity index (χ1v) is 5.82. The summed E-state index contributed by atoms with van der Waals surface area (Å²) in [5.41, 5.74) is 0. The predicted octanol–water partition coefficient (Wildman–Crippen LogP) is 2.21. The van der Waals surface area contributed by atoms with E-state index in [2.05, 4.69) is 0 Å². The summed E-state index contributed by atoms with van der Waals surface area (Å²) >= 11 is 0. The molecule has 0 aromatic carbocycles. The molecule has 0 spiro atoms. The smallest absolute Gasteiger partial charge is 0.132 e. The van der Waals surface area contributed by atoms with Gasteiger partial charge in [-0.05, 0) is 25.7 Å². The van der Waals surface area contributed by atoms with E-state index < -0.39 is 0 Å². The van der Waals surface area contributed by atoms with Crippen LogP contribution in [0.4, 0.5) is 0 Å². The van der Waals surface area contributed by atoms with Crippen LogP contribution in [0.2, 0.25) is 0 Å². The molecule has 3 heteroatoms. The molecular weight excluding hydrogens is 192 g/mol. The molecule has 0 heterocycles. The third-order valence-corrected chi connectivity index (χ3v) is 2.82. The molecule has 2 rings (SSSR count). The molecule has 88 valence electrons. The molecule has 0 saturated heterocycles. The Bertz CT molecular complexity index is 161. The van der Waals surface area contributed by atoms with Crippen molar-refractivity contribution in [3.63, 3.8) is 0 Å². The number of carbonyl (C=O) groups excluding carboxylic acids is 2. The molecule has 0 aromatic heterocycles. The monoisotopic (exact) mass is 214 g/mol. The van der Waals surface area contributed by atoms with Crippen LogP contribution in [0.3, 0.4) is 0 Å². The zero-order chi connectivity index (χ0) is 10.2. The van der Waals surface area contributed by atoms with Crippen LogP contribution in [0.1, 0.15) is 64.2 Å². The van der Waals surface area contributed by atoms with Crippen molar-refractivity contribution in [3.05, 3.63) is 0 Å². The van der Waals surface area contributed by atoms with Gasteiger partial charge in [-0.2, -0.15) is 0 Å². The van der Waals surface area contributed by atoms with Gasteiger partial charge in [-0.15, -0.1) is 0 Å². The molecule has 2 aliphatic carbocycles. The topological polar surface area (TPSA) is 65.6 Å². The van der Waals surface area contributed by atoms with Crippen LogP contribution in [-0.4, -0.2) is 17.0 Å². The fraction of sp³-hybridized carbons (Fsp3) is 0.833. The lowest BCUT2D eigenvalue weighted by atomic mass is 10.00. The van der Waals surface area contributed by atoms with Crippen LogP contribution in [-0.2, 0) is 9.59 Å². The minimum atomic E-state index is 0. The molecule has 0 radical (unpaired) electrons. The van der Waals surface area contributed by atoms with Gasteiger partial charge in [-0.3, -0.25) is 9.59 Å². The van der Waals surface area contributed by atoms with E-state index in [0.29, 0.717) is 11.6 Å². The van der Waals surface area contributed by atoms with Gasteiger partial charge in [0.2, 0.25) is 0 Å². The molecule has 0 atom stereocenters.